The second-order valence-corrected chi connectivity index (χ2v) is 4.60. The molecule has 1 aliphatic heterocycles. The zero-order valence-electron chi connectivity index (χ0n) is 7.88. The molecule has 70 valence electrons. The topological polar surface area (TPSA) is 35.2 Å². The molecule has 12 heavy (non-hydrogen) atoms. The molecule has 0 radical (unpaired) electrons. The van der Waals surface area contributed by atoms with E-state index in [4.69, 9.17) is 10.5 Å². The fraction of sp³-hybridized carbons (Fsp3) is 1.00. The molecule has 2 aliphatic rings. The Kier molecular flexibility index (Phi) is 2.13. The van der Waals surface area contributed by atoms with Crippen molar-refractivity contribution in [3.63, 3.8) is 0 Å². The summed E-state index contributed by atoms with van der Waals surface area (Å²) >= 11 is 0. The highest BCUT2D eigenvalue weighted by Gasteiger charge is 2.49. The third-order valence-electron chi connectivity index (χ3n) is 3.76. The fourth-order valence-electron chi connectivity index (χ4n) is 2.57. The van der Waals surface area contributed by atoms with Crippen LogP contribution in [0.2, 0.25) is 0 Å². The zero-order chi connectivity index (χ0) is 8.60. The summed E-state index contributed by atoms with van der Waals surface area (Å²) in [4.78, 5) is 0. The van der Waals surface area contributed by atoms with E-state index in [1.165, 1.54) is 19.3 Å². The second-order valence-electron chi connectivity index (χ2n) is 4.60. The summed E-state index contributed by atoms with van der Waals surface area (Å²) in [6, 6.07) is 0. The van der Waals surface area contributed by atoms with E-state index >= 15 is 0 Å². The van der Waals surface area contributed by atoms with Gasteiger partial charge in [0, 0.05) is 13.2 Å². The quantitative estimate of drug-likeness (QED) is 0.678. The van der Waals surface area contributed by atoms with Crippen LogP contribution < -0.4 is 5.73 Å². The van der Waals surface area contributed by atoms with E-state index in [2.05, 4.69) is 6.92 Å². The molecule has 2 fully saturated rings. The van der Waals surface area contributed by atoms with Crippen LogP contribution in [0.3, 0.4) is 0 Å². The number of hydrogen-bond acceptors (Lipinski definition) is 2. The van der Waals surface area contributed by atoms with Crippen molar-refractivity contribution in [2.24, 2.45) is 23.0 Å². The van der Waals surface area contributed by atoms with E-state index in [0.717, 1.165) is 31.6 Å². The molecule has 1 saturated carbocycles. The Morgan fingerprint density at radius 1 is 1.42 bits per heavy atom. The zero-order valence-corrected chi connectivity index (χ0v) is 7.88. The van der Waals surface area contributed by atoms with E-state index in [0.29, 0.717) is 5.41 Å². The Balaban J connectivity index is 1.92. The van der Waals surface area contributed by atoms with Crippen LogP contribution in [0.1, 0.15) is 26.2 Å². The van der Waals surface area contributed by atoms with Gasteiger partial charge in [-0.15, -0.1) is 0 Å². The first-order valence-corrected chi connectivity index (χ1v) is 5.04. The molecule has 1 aliphatic carbocycles. The Bertz CT molecular complexity index is 163. The SMILES string of the molecule is CC1([C@@H]2C[C@H]2CN)CCOCC1. The second kappa shape index (κ2) is 3.00. The summed E-state index contributed by atoms with van der Waals surface area (Å²) in [5, 5.41) is 0. The van der Waals surface area contributed by atoms with Crippen molar-refractivity contribution in [1.82, 2.24) is 0 Å². The molecule has 1 saturated heterocycles. The van der Waals surface area contributed by atoms with Gasteiger partial charge in [-0.25, -0.2) is 0 Å². The normalized spacial score (nSPS) is 39.5. The van der Waals surface area contributed by atoms with Crippen molar-refractivity contribution in [3.8, 4) is 0 Å². The molecule has 2 rings (SSSR count). The molecule has 0 aromatic rings. The third kappa shape index (κ3) is 1.38. The van der Waals surface area contributed by atoms with Crippen molar-refractivity contribution in [2.75, 3.05) is 19.8 Å². The number of ether oxygens (including phenoxy) is 1. The number of hydrogen-bond donors (Lipinski definition) is 1. The first-order chi connectivity index (χ1) is 5.76. The molecular formula is C10H19NO. The maximum Gasteiger partial charge on any atom is 0.0471 e. The average molecular weight is 169 g/mol. The van der Waals surface area contributed by atoms with Gasteiger partial charge in [0.2, 0.25) is 0 Å². The Morgan fingerprint density at radius 2 is 2.08 bits per heavy atom. The van der Waals surface area contributed by atoms with E-state index in [-0.39, 0.29) is 0 Å². The Morgan fingerprint density at radius 3 is 2.58 bits per heavy atom. The predicted molar refractivity (Wildman–Crippen MR) is 48.8 cm³/mol. The predicted octanol–water partition coefficient (Wildman–Crippen LogP) is 1.40. The molecular weight excluding hydrogens is 150 g/mol. The van der Waals surface area contributed by atoms with Crippen LogP contribution in [0, 0.1) is 17.3 Å². The summed E-state index contributed by atoms with van der Waals surface area (Å²) < 4.78 is 5.38. The first-order valence-electron chi connectivity index (χ1n) is 5.04. The molecule has 0 unspecified atom stereocenters. The minimum atomic E-state index is 0.558. The van der Waals surface area contributed by atoms with Crippen LogP contribution >= 0.6 is 0 Å². The highest BCUT2D eigenvalue weighted by molar-refractivity contribution is 4.99. The van der Waals surface area contributed by atoms with E-state index < -0.39 is 0 Å². The average Bonchev–Trinajstić information content (AvgIpc) is 2.84. The van der Waals surface area contributed by atoms with Gasteiger partial charge in [0.05, 0.1) is 0 Å². The maximum atomic E-state index is 5.66. The smallest absolute Gasteiger partial charge is 0.0471 e. The van der Waals surface area contributed by atoms with Gasteiger partial charge >= 0.3 is 0 Å². The highest BCUT2D eigenvalue weighted by Crippen LogP contribution is 2.54. The molecule has 0 bridgehead atoms. The first kappa shape index (κ1) is 8.52. The van der Waals surface area contributed by atoms with Gasteiger partial charge in [-0.3, -0.25) is 0 Å². The molecule has 2 N–H and O–H groups in total. The van der Waals surface area contributed by atoms with Crippen LogP contribution in [0.15, 0.2) is 0 Å². The van der Waals surface area contributed by atoms with Crippen molar-refractivity contribution < 1.29 is 4.74 Å². The van der Waals surface area contributed by atoms with Crippen molar-refractivity contribution >= 4 is 0 Å². The largest absolute Gasteiger partial charge is 0.381 e. The monoisotopic (exact) mass is 169 g/mol. The van der Waals surface area contributed by atoms with Crippen LogP contribution in [0.5, 0.6) is 0 Å². The van der Waals surface area contributed by atoms with Crippen LogP contribution in [0.4, 0.5) is 0 Å². The van der Waals surface area contributed by atoms with Gasteiger partial charge in [0.1, 0.15) is 0 Å². The lowest BCUT2D eigenvalue weighted by Gasteiger charge is -2.34. The molecule has 0 amide bonds. The minimum Gasteiger partial charge on any atom is -0.381 e. The summed E-state index contributed by atoms with van der Waals surface area (Å²) in [6.07, 6.45) is 3.86. The lowest BCUT2D eigenvalue weighted by Crippen LogP contribution is -2.29. The molecule has 0 spiro atoms. The van der Waals surface area contributed by atoms with Crippen LogP contribution in [-0.2, 0) is 4.74 Å². The fourth-order valence-corrected chi connectivity index (χ4v) is 2.57. The Labute approximate surface area is 74.5 Å². The van der Waals surface area contributed by atoms with Crippen molar-refractivity contribution in [1.29, 1.82) is 0 Å². The molecule has 2 atom stereocenters. The van der Waals surface area contributed by atoms with Gasteiger partial charge in [0.15, 0.2) is 0 Å². The van der Waals surface area contributed by atoms with Gasteiger partial charge in [-0.2, -0.15) is 0 Å². The summed E-state index contributed by atoms with van der Waals surface area (Å²) in [6.45, 7) is 5.23. The third-order valence-corrected chi connectivity index (χ3v) is 3.76. The van der Waals surface area contributed by atoms with Crippen molar-refractivity contribution in [3.05, 3.63) is 0 Å². The van der Waals surface area contributed by atoms with E-state index in [9.17, 15) is 0 Å². The molecule has 2 nitrogen and oxygen atoms in total. The summed E-state index contributed by atoms with van der Waals surface area (Å²) in [5.41, 5.74) is 6.22. The highest BCUT2D eigenvalue weighted by atomic mass is 16.5. The van der Waals surface area contributed by atoms with E-state index in [1.54, 1.807) is 0 Å². The lowest BCUT2D eigenvalue weighted by molar-refractivity contribution is 0.0103. The number of nitrogens with two attached hydrogens (primary N) is 1. The van der Waals surface area contributed by atoms with Gasteiger partial charge in [-0.1, -0.05) is 6.92 Å². The van der Waals surface area contributed by atoms with Gasteiger partial charge < -0.3 is 10.5 Å². The molecule has 1 heterocycles. The maximum absolute atomic E-state index is 5.66. The van der Waals surface area contributed by atoms with Gasteiger partial charge in [0.25, 0.3) is 0 Å². The van der Waals surface area contributed by atoms with Crippen LogP contribution in [0.25, 0.3) is 0 Å². The lowest BCUT2D eigenvalue weighted by atomic mass is 9.77. The van der Waals surface area contributed by atoms with Crippen LogP contribution in [-0.4, -0.2) is 19.8 Å². The number of rotatable bonds is 2. The van der Waals surface area contributed by atoms with E-state index in [1.807, 2.05) is 0 Å². The standard InChI is InChI=1S/C10H19NO/c1-10(2-4-12-5-3-10)9-6-8(9)7-11/h8-9H,2-7,11H2,1H3/t8-,9+/m0/s1. The summed E-state index contributed by atoms with van der Waals surface area (Å²) in [7, 11) is 0. The minimum absolute atomic E-state index is 0.558. The molecule has 0 aromatic heterocycles. The summed E-state index contributed by atoms with van der Waals surface area (Å²) in [5.74, 6) is 1.74. The molecule has 2 heteroatoms. The van der Waals surface area contributed by atoms with Gasteiger partial charge in [-0.05, 0) is 43.1 Å². The molecule has 0 aromatic carbocycles. The van der Waals surface area contributed by atoms with Crippen molar-refractivity contribution in [2.45, 2.75) is 26.2 Å². The Hall–Kier alpha value is -0.0800.